The summed E-state index contributed by atoms with van der Waals surface area (Å²) in [5.41, 5.74) is 4.27. The van der Waals surface area contributed by atoms with E-state index in [0.717, 1.165) is 67.0 Å². The zero-order chi connectivity index (χ0) is 24.1. The lowest BCUT2D eigenvalue weighted by Crippen LogP contribution is -2.60. The van der Waals surface area contributed by atoms with Crippen molar-refractivity contribution in [1.82, 2.24) is 20.0 Å². The minimum Gasteiger partial charge on any atom is -0.324 e. The van der Waals surface area contributed by atoms with E-state index >= 15 is 0 Å². The van der Waals surface area contributed by atoms with E-state index in [1.54, 1.807) is 6.20 Å². The predicted molar refractivity (Wildman–Crippen MR) is 129 cm³/mol. The Hall–Kier alpha value is -3.25. The van der Waals surface area contributed by atoms with Crippen molar-refractivity contribution in [3.05, 3.63) is 36.3 Å². The van der Waals surface area contributed by atoms with Gasteiger partial charge in [0.2, 0.25) is 16.0 Å². The highest BCUT2D eigenvalue weighted by Crippen LogP contribution is 2.44. The number of halogens is 1. The SMILES string of the molecule is CCN1NC(=NC)C2(CCCCC2)n2c1cc1cnc(Nc3ccc(S(N)(=O)=O)c(F)c3)nc12. The number of nitrogens with zero attached hydrogens (tertiary/aromatic N) is 5. The van der Waals surface area contributed by atoms with Gasteiger partial charge in [-0.15, -0.1) is 0 Å². The Bertz CT molecular complexity index is 1400. The molecule has 4 N–H and O–H groups in total. The summed E-state index contributed by atoms with van der Waals surface area (Å²) < 4.78 is 39.6. The van der Waals surface area contributed by atoms with Crippen LogP contribution >= 0.6 is 0 Å². The van der Waals surface area contributed by atoms with Gasteiger partial charge < -0.3 is 5.32 Å². The van der Waals surface area contributed by atoms with E-state index in [1.165, 1.54) is 12.5 Å². The number of rotatable bonds is 4. The van der Waals surface area contributed by atoms with Crippen LogP contribution in [0, 0.1) is 5.82 Å². The van der Waals surface area contributed by atoms with Gasteiger partial charge in [0.15, 0.2) is 0 Å². The topological polar surface area (TPSA) is 131 Å². The average molecular weight is 487 g/mol. The van der Waals surface area contributed by atoms with Crippen molar-refractivity contribution in [2.24, 2.45) is 10.1 Å². The van der Waals surface area contributed by atoms with Crippen LogP contribution in [0.15, 0.2) is 40.4 Å². The highest BCUT2D eigenvalue weighted by molar-refractivity contribution is 7.89. The molecule has 0 saturated heterocycles. The summed E-state index contributed by atoms with van der Waals surface area (Å²) in [7, 11) is -2.33. The van der Waals surface area contributed by atoms with Gasteiger partial charge in [-0.2, -0.15) is 4.98 Å². The van der Waals surface area contributed by atoms with Crippen LogP contribution < -0.4 is 20.9 Å². The number of amidine groups is 1. The first kappa shape index (κ1) is 22.5. The number of nitrogens with one attached hydrogen (secondary N) is 2. The summed E-state index contributed by atoms with van der Waals surface area (Å²) in [6.07, 6.45) is 7.02. The van der Waals surface area contributed by atoms with Gasteiger partial charge in [-0.1, -0.05) is 19.3 Å². The number of aliphatic imine (C=N–C) groups is 1. The molecular formula is C22H27FN8O2S. The fourth-order valence-corrected chi connectivity index (χ4v) is 5.67. The molecule has 10 nitrogen and oxygen atoms in total. The molecule has 3 aromatic rings. The van der Waals surface area contributed by atoms with Gasteiger partial charge in [-0.05, 0) is 44.0 Å². The molecule has 0 unspecified atom stereocenters. The first-order valence-electron chi connectivity index (χ1n) is 11.3. The van der Waals surface area contributed by atoms with E-state index < -0.39 is 20.7 Å². The van der Waals surface area contributed by atoms with Crippen LogP contribution in [-0.4, -0.2) is 42.4 Å². The average Bonchev–Trinajstić information content (AvgIpc) is 3.19. The van der Waals surface area contributed by atoms with Crippen molar-refractivity contribution in [3.63, 3.8) is 0 Å². The molecule has 0 radical (unpaired) electrons. The molecule has 180 valence electrons. The first-order chi connectivity index (χ1) is 16.3. The number of primary sulfonamides is 1. The van der Waals surface area contributed by atoms with Crippen LogP contribution in [0.25, 0.3) is 11.0 Å². The van der Waals surface area contributed by atoms with Crippen LogP contribution in [0.3, 0.4) is 0 Å². The fraction of sp³-hybridized carbons (Fsp3) is 0.409. The van der Waals surface area contributed by atoms with Crippen LogP contribution in [-0.2, 0) is 15.6 Å². The highest BCUT2D eigenvalue weighted by Gasteiger charge is 2.45. The molecule has 1 spiro atoms. The second kappa shape index (κ2) is 8.20. The molecular weight excluding hydrogens is 459 g/mol. The van der Waals surface area contributed by atoms with Gasteiger partial charge >= 0.3 is 0 Å². The number of sulfonamides is 1. The molecule has 3 heterocycles. The van der Waals surface area contributed by atoms with E-state index in [4.69, 9.17) is 10.1 Å². The molecule has 2 aromatic heterocycles. The molecule has 0 bridgehead atoms. The zero-order valence-electron chi connectivity index (χ0n) is 19.0. The molecule has 1 fully saturated rings. The Kier molecular flexibility index (Phi) is 5.44. The summed E-state index contributed by atoms with van der Waals surface area (Å²) in [5, 5.41) is 11.0. The van der Waals surface area contributed by atoms with Crippen LogP contribution in [0.1, 0.15) is 39.0 Å². The van der Waals surface area contributed by atoms with Crippen molar-refractivity contribution >= 4 is 44.3 Å². The molecule has 5 rings (SSSR count). The summed E-state index contributed by atoms with van der Waals surface area (Å²) in [6, 6.07) is 5.68. The number of hydrogen-bond donors (Lipinski definition) is 3. The lowest BCUT2D eigenvalue weighted by molar-refractivity contribution is 0.270. The van der Waals surface area contributed by atoms with Gasteiger partial charge in [0.25, 0.3) is 0 Å². The van der Waals surface area contributed by atoms with Gasteiger partial charge in [0.05, 0.1) is 0 Å². The predicted octanol–water partition coefficient (Wildman–Crippen LogP) is 2.99. The zero-order valence-corrected chi connectivity index (χ0v) is 19.9. The van der Waals surface area contributed by atoms with E-state index in [9.17, 15) is 12.8 Å². The molecule has 1 aromatic carbocycles. The number of aromatic nitrogens is 3. The first-order valence-corrected chi connectivity index (χ1v) is 12.8. The van der Waals surface area contributed by atoms with Crippen molar-refractivity contribution in [2.45, 2.75) is 49.5 Å². The van der Waals surface area contributed by atoms with Crippen molar-refractivity contribution in [2.75, 3.05) is 23.9 Å². The largest absolute Gasteiger partial charge is 0.324 e. The summed E-state index contributed by atoms with van der Waals surface area (Å²) in [4.78, 5) is 13.3. The number of hydrazine groups is 1. The van der Waals surface area contributed by atoms with E-state index in [2.05, 4.69) is 43.3 Å². The molecule has 34 heavy (non-hydrogen) atoms. The second-order valence-corrected chi connectivity index (χ2v) is 10.2. The van der Waals surface area contributed by atoms with Crippen LogP contribution in [0.4, 0.5) is 21.8 Å². The molecule has 1 saturated carbocycles. The van der Waals surface area contributed by atoms with E-state index in [0.29, 0.717) is 5.69 Å². The number of nitrogens with two attached hydrogens (primary N) is 1. The standard InChI is InChI=1S/C22H27FN8O2S/c1-3-30-18-11-14-13-26-21(27-15-7-8-17(16(23)12-15)34(24,32)33)28-19(14)31(18)22(20(25-2)29-30)9-5-4-6-10-22/h7-8,11-13H,3-6,9-10H2,1-2H3,(H,25,29)(H2,24,32,33)(H,26,27,28). The Morgan fingerprint density at radius 3 is 2.68 bits per heavy atom. The molecule has 2 aliphatic rings. The van der Waals surface area contributed by atoms with Gasteiger partial charge in [-0.3, -0.25) is 20.0 Å². The minimum atomic E-state index is -4.15. The maximum Gasteiger partial charge on any atom is 0.240 e. The van der Waals surface area contributed by atoms with Crippen molar-refractivity contribution < 1.29 is 12.8 Å². The molecule has 0 atom stereocenters. The van der Waals surface area contributed by atoms with Gasteiger partial charge in [0, 0.05) is 30.9 Å². The van der Waals surface area contributed by atoms with Gasteiger partial charge in [-0.25, -0.2) is 22.9 Å². The van der Waals surface area contributed by atoms with Gasteiger partial charge in [0.1, 0.15) is 33.6 Å². The fourth-order valence-electron chi connectivity index (χ4n) is 5.09. The Labute approximate surface area is 197 Å². The van der Waals surface area contributed by atoms with E-state index in [1.807, 2.05) is 7.05 Å². The van der Waals surface area contributed by atoms with E-state index in [-0.39, 0.29) is 11.5 Å². The maximum atomic E-state index is 14.3. The second-order valence-electron chi connectivity index (χ2n) is 8.65. The smallest absolute Gasteiger partial charge is 0.240 e. The number of fused-ring (bicyclic) bond motifs is 4. The quantitative estimate of drug-likeness (QED) is 0.517. The molecule has 1 aliphatic carbocycles. The molecule has 1 aliphatic heterocycles. The third-order valence-electron chi connectivity index (χ3n) is 6.62. The van der Waals surface area contributed by atoms with Crippen LogP contribution in [0.2, 0.25) is 0 Å². The van der Waals surface area contributed by atoms with Crippen molar-refractivity contribution in [3.8, 4) is 0 Å². The Morgan fingerprint density at radius 1 is 1.26 bits per heavy atom. The monoisotopic (exact) mass is 486 g/mol. The Morgan fingerprint density at radius 2 is 2.03 bits per heavy atom. The molecule has 0 amide bonds. The number of anilines is 3. The lowest BCUT2D eigenvalue weighted by Gasteiger charge is -2.47. The summed E-state index contributed by atoms with van der Waals surface area (Å²) in [6.45, 7) is 2.80. The lowest BCUT2D eigenvalue weighted by atomic mass is 9.79. The normalized spacial score (nSPS) is 18.8. The van der Waals surface area contributed by atoms with Crippen molar-refractivity contribution in [1.29, 1.82) is 0 Å². The summed E-state index contributed by atoms with van der Waals surface area (Å²) >= 11 is 0. The Balaban J connectivity index is 1.61. The third-order valence-corrected chi connectivity index (χ3v) is 7.57. The third kappa shape index (κ3) is 3.57. The summed E-state index contributed by atoms with van der Waals surface area (Å²) in [5.74, 6) is 1.26. The minimum absolute atomic E-state index is 0.277. The maximum absolute atomic E-state index is 14.3. The number of benzene rings is 1. The number of hydrogen-bond acceptors (Lipinski definition) is 7. The molecule has 12 heteroatoms. The highest BCUT2D eigenvalue weighted by atomic mass is 32.2. The van der Waals surface area contributed by atoms with Crippen LogP contribution in [0.5, 0.6) is 0 Å².